The molecule has 0 saturated carbocycles. The van der Waals surface area contributed by atoms with Crippen LogP contribution in [0.15, 0.2) is 72.9 Å². The van der Waals surface area contributed by atoms with Gasteiger partial charge in [-0.2, -0.15) is 0 Å². The Kier molecular flexibility index (Phi) is 8.10. The summed E-state index contributed by atoms with van der Waals surface area (Å²) >= 11 is 0. The number of aromatic amines is 1. The van der Waals surface area contributed by atoms with Crippen LogP contribution in [0.3, 0.4) is 0 Å². The number of likely N-dealkylation sites (tertiary alicyclic amines) is 1. The van der Waals surface area contributed by atoms with E-state index in [0.717, 1.165) is 49.0 Å². The van der Waals surface area contributed by atoms with E-state index in [1.54, 1.807) is 6.20 Å². The fraction of sp³-hybridized carbons (Fsp3) is 0.212. The van der Waals surface area contributed by atoms with E-state index in [9.17, 15) is 24.5 Å². The summed E-state index contributed by atoms with van der Waals surface area (Å²) in [7, 11) is 0. The Hall–Kier alpha value is -5.78. The molecule has 45 heavy (non-hydrogen) atoms. The zero-order chi connectivity index (χ0) is 31.5. The smallest absolute Gasteiger partial charge is 0.270 e. The van der Waals surface area contributed by atoms with E-state index in [-0.39, 0.29) is 23.4 Å². The monoisotopic (exact) mass is 605 g/mol. The molecule has 3 heterocycles. The summed E-state index contributed by atoms with van der Waals surface area (Å²) in [6, 6.07) is 19.6. The fourth-order valence-corrected chi connectivity index (χ4v) is 5.62. The van der Waals surface area contributed by atoms with Gasteiger partial charge in [0.15, 0.2) is 0 Å². The van der Waals surface area contributed by atoms with Gasteiger partial charge in [0, 0.05) is 67.3 Å². The maximum absolute atomic E-state index is 13.3. The first-order valence-corrected chi connectivity index (χ1v) is 14.7. The highest BCUT2D eigenvalue weighted by Gasteiger charge is 2.30. The summed E-state index contributed by atoms with van der Waals surface area (Å²) in [5, 5.41) is 20.4. The van der Waals surface area contributed by atoms with Gasteiger partial charge in [0.25, 0.3) is 11.6 Å². The third-order valence-electron chi connectivity index (χ3n) is 7.84. The molecule has 6 rings (SSSR count). The van der Waals surface area contributed by atoms with Crippen molar-refractivity contribution >= 4 is 52.0 Å². The summed E-state index contributed by atoms with van der Waals surface area (Å²) in [5.41, 5.74) is 5.59. The lowest BCUT2D eigenvalue weighted by atomic mass is 9.98. The molecule has 1 fully saturated rings. The molecule has 12 nitrogen and oxygen atoms in total. The number of carbonyl (C=O) groups is 3. The molecule has 1 aromatic heterocycles. The van der Waals surface area contributed by atoms with Crippen LogP contribution >= 0.6 is 0 Å². The molecule has 0 aliphatic carbocycles. The van der Waals surface area contributed by atoms with Crippen molar-refractivity contribution in [2.24, 2.45) is 0 Å². The highest BCUT2D eigenvalue weighted by molar-refractivity contribution is 6.37. The van der Waals surface area contributed by atoms with Crippen molar-refractivity contribution < 1.29 is 19.3 Å². The van der Waals surface area contributed by atoms with Gasteiger partial charge >= 0.3 is 0 Å². The van der Waals surface area contributed by atoms with Crippen molar-refractivity contribution in [1.29, 1.82) is 0 Å². The van der Waals surface area contributed by atoms with Gasteiger partial charge in [0.2, 0.25) is 17.8 Å². The molecule has 0 unspecified atom stereocenters. The Morgan fingerprint density at radius 2 is 1.82 bits per heavy atom. The number of fused-ring (bicyclic) bond motifs is 1. The second kappa shape index (κ2) is 12.4. The molecule has 0 atom stereocenters. The van der Waals surface area contributed by atoms with E-state index < -0.39 is 4.92 Å². The van der Waals surface area contributed by atoms with Gasteiger partial charge < -0.3 is 20.5 Å². The number of nitrogens with one attached hydrogen (secondary N) is 4. The highest BCUT2D eigenvalue weighted by Crippen LogP contribution is 2.39. The number of amides is 3. The van der Waals surface area contributed by atoms with Crippen LogP contribution < -0.4 is 16.0 Å². The van der Waals surface area contributed by atoms with Crippen LogP contribution in [0, 0.1) is 10.1 Å². The van der Waals surface area contributed by atoms with E-state index in [2.05, 4.69) is 25.9 Å². The minimum Gasteiger partial charge on any atom is -0.354 e. The maximum Gasteiger partial charge on any atom is 0.270 e. The molecule has 3 amide bonds. The van der Waals surface area contributed by atoms with Crippen molar-refractivity contribution in [2.75, 3.05) is 29.0 Å². The molecule has 2 aliphatic rings. The average molecular weight is 606 g/mol. The average Bonchev–Trinajstić information content (AvgIpc) is 3.74. The van der Waals surface area contributed by atoms with Crippen molar-refractivity contribution in [3.05, 3.63) is 99.7 Å². The number of non-ortho nitro benzene ring substituents is 1. The molecule has 0 spiro atoms. The first-order chi connectivity index (χ1) is 21.7. The zero-order valence-corrected chi connectivity index (χ0v) is 24.6. The van der Waals surface area contributed by atoms with Crippen LogP contribution in [-0.4, -0.2) is 50.6 Å². The number of nitrogens with zero attached hydrogens (tertiary/aromatic N) is 3. The van der Waals surface area contributed by atoms with Gasteiger partial charge in [0.05, 0.1) is 21.9 Å². The van der Waals surface area contributed by atoms with Crippen molar-refractivity contribution in [3.63, 3.8) is 0 Å². The number of hydrogen-bond donors (Lipinski definition) is 4. The lowest BCUT2D eigenvalue weighted by Gasteiger charge is -2.16. The van der Waals surface area contributed by atoms with Crippen molar-refractivity contribution in [2.45, 2.75) is 32.6 Å². The van der Waals surface area contributed by atoms with Gasteiger partial charge in [-0.25, -0.2) is 4.98 Å². The minimum atomic E-state index is -0.483. The quantitative estimate of drug-likeness (QED) is 0.106. The molecular formula is C33H31N7O5. The van der Waals surface area contributed by atoms with E-state index >= 15 is 0 Å². The number of nitro groups is 1. The maximum atomic E-state index is 13.3. The molecule has 12 heteroatoms. The summed E-state index contributed by atoms with van der Waals surface area (Å²) in [5.74, 6) is -0.0358. The Morgan fingerprint density at radius 3 is 2.51 bits per heavy atom. The number of nitro benzene ring substituents is 1. The zero-order valence-electron chi connectivity index (χ0n) is 24.6. The third-order valence-corrected chi connectivity index (χ3v) is 7.84. The van der Waals surface area contributed by atoms with E-state index in [1.165, 1.54) is 25.1 Å². The highest BCUT2D eigenvalue weighted by atomic mass is 16.6. The number of carbonyl (C=O) groups excluding carboxylic acids is 3. The van der Waals surface area contributed by atoms with Gasteiger partial charge in [-0.3, -0.25) is 29.8 Å². The number of hydrogen-bond acceptors (Lipinski definition) is 7. The summed E-state index contributed by atoms with van der Waals surface area (Å²) < 4.78 is 0. The molecule has 3 aromatic carbocycles. The van der Waals surface area contributed by atoms with Crippen molar-refractivity contribution in [1.82, 2.24) is 14.9 Å². The second-order valence-electron chi connectivity index (χ2n) is 11.0. The lowest BCUT2D eigenvalue weighted by Crippen LogP contribution is -2.25. The Labute approximate surface area is 258 Å². The van der Waals surface area contributed by atoms with E-state index in [1.807, 2.05) is 53.4 Å². The van der Waals surface area contributed by atoms with E-state index in [4.69, 9.17) is 0 Å². The Morgan fingerprint density at radius 1 is 1.04 bits per heavy atom. The minimum absolute atomic E-state index is 0.115. The van der Waals surface area contributed by atoms with Gasteiger partial charge in [0.1, 0.15) is 0 Å². The number of aryl methyl sites for hydroxylation is 1. The van der Waals surface area contributed by atoms with Gasteiger partial charge in [-0.05, 0) is 48.6 Å². The molecule has 2 aliphatic heterocycles. The Balaban J connectivity index is 1.30. The predicted octanol–water partition coefficient (Wildman–Crippen LogP) is 5.43. The number of anilines is 3. The number of aromatic nitrogens is 2. The molecule has 0 radical (unpaired) electrons. The number of H-pyrrole nitrogens is 1. The van der Waals surface area contributed by atoms with Crippen LogP contribution in [0.25, 0.3) is 22.5 Å². The number of benzene rings is 3. The van der Waals surface area contributed by atoms with Crippen molar-refractivity contribution in [3.8, 4) is 11.3 Å². The molecule has 228 valence electrons. The van der Waals surface area contributed by atoms with Crippen LogP contribution in [-0.2, 0) is 20.8 Å². The topological polar surface area (TPSA) is 162 Å². The van der Waals surface area contributed by atoms with E-state index in [0.29, 0.717) is 46.3 Å². The van der Waals surface area contributed by atoms with Crippen LogP contribution in [0.1, 0.15) is 42.9 Å². The summed E-state index contributed by atoms with van der Waals surface area (Å²) in [4.78, 5) is 56.9. The summed E-state index contributed by atoms with van der Waals surface area (Å²) in [6.07, 6.45) is 4.90. The first kappa shape index (κ1) is 29.3. The Bertz CT molecular complexity index is 1830. The molecule has 4 N–H and O–H groups in total. The fourth-order valence-electron chi connectivity index (χ4n) is 5.62. The largest absolute Gasteiger partial charge is 0.354 e. The van der Waals surface area contributed by atoms with Gasteiger partial charge in [-0.15, -0.1) is 0 Å². The molecule has 1 saturated heterocycles. The third kappa shape index (κ3) is 6.44. The standard InChI is InChI=1S/C33H31N7O5/c1-20(41)35-33-34-19-28(38-33)22-10-12-24(13-11-22)36-31(30-26-18-25(40(44)45)14-15-27(26)37-32(30)43)23-8-6-21(7-9-23)4-2-16-39-17-3-5-29(39)42/h6-15,18-19,36H,2-5,16-17H2,1H3,(H,37,43)(H2,34,35,38,41). The lowest BCUT2D eigenvalue weighted by molar-refractivity contribution is -0.384. The van der Waals surface area contributed by atoms with Crippen LogP contribution in [0.2, 0.25) is 0 Å². The predicted molar refractivity (Wildman–Crippen MR) is 171 cm³/mol. The SMILES string of the molecule is CC(=O)Nc1nc(-c2ccc(NC(=C3C(=O)Nc4ccc([N+](=O)[O-])cc43)c3ccc(CCCN4CCCC4=O)cc3)cc2)c[nH]1. The summed E-state index contributed by atoms with van der Waals surface area (Å²) in [6.45, 7) is 2.96. The van der Waals surface area contributed by atoms with Crippen LogP contribution in [0.4, 0.5) is 23.0 Å². The number of imidazole rings is 1. The second-order valence-corrected chi connectivity index (χ2v) is 11.0. The van der Waals surface area contributed by atoms with Crippen LogP contribution in [0.5, 0.6) is 0 Å². The first-order valence-electron chi connectivity index (χ1n) is 14.7. The molecular weight excluding hydrogens is 574 g/mol. The molecule has 4 aromatic rings. The number of rotatable bonds is 10. The molecule has 0 bridgehead atoms. The normalized spacial score (nSPS) is 15.1. The van der Waals surface area contributed by atoms with Gasteiger partial charge in [-0.1, -0.05) is 36.4 Å².